The molecule has 2 rings (SSSR count). The van der Waals surface area contributed by atoms with Crippen LogP contribution >= 0.6 is 0 Å². The first kappa shape index (κ1) is 15.7. The van der Waals surface area contributed by atoms with Gasteiger partial charge in [0.2, 0.25) is 5.75 Å². The van der Waals surface area contributed by atoms with Gasteiger partial charge in [-0.1, -0.05) is 12.1 Å². The summed E-state index contributed by atoms with van der Waals surface area (Å²) in [5, 5.41) is 28.1. The molecule has 0 radical (unpaired) electrons. The van der Waals surface area contributed by atoms with Crippen LogP contribution in [0.5, 0.6) is 17.2 Å². The number of ketones is 1. The van der Waals surface area contributed by atoms with Gasteiger partial charge in [0.05, 0.1) is 11.1 Å². The van der Waals surface area contributed by atoms with E-state index in [2.05, 4.69) is 0 Å². The van der Waals surface area contributed by atoms with E-state index in [1.807, 2.05) is 0 Å². The van der Waals surface area contributed by atoms with Gasteiger partial charge in [0, 0.05) is 6.42 Å². The van der Waals surface area contributed by atoms with E-state index >= 15 is 0 Å². The molecular weight excluding hydrogens is 301 g/mol. The number of carbonyl (C=O) groups excluding carboxylic acids is 1. The number of phenolic OH excluding ortho intramolecular Hbond substituents is 3. The van der Waals surface area contributed by atoms with Crippen LogP contribution in [-0.2, 0) is 12.6 Å². The number of benzene rings is 2. The monoisotopic (exact) mass is 312 g/mol. The van der Waals surface area contributed by atoms with E-state index in [1.54, 1.807) is 0 Å². The lowest BCUT2D eigenvalue weighted by Crippen LogP contribution is -2.07. The standard InChI is InChI=1S/C15H11F3O4/c16-15(17,18)9-3-1-8(2-4-9)7-12(20)10-5-6-11(19)14(22)13(10)21/h1-6,19,21-22H,7H2. The minimum absolute atomic E-state index is 0.227. The third-order valence-electron chi connectivity index (χ3n) is 3.08. The van der Waals surface area contributed by atoms with Gasteiger partial charge in [-0.3, -0.25) is 4.79 Å². The van der Waals surface area contributed by atoms with Gasteiger partial charge < -0.3 is 15.3 Å². The Labute approximate surface area is 123 Å². The Balaban J connectivity index is 2.21. The molecule has 0 fully saturated rings. The second-order valence-corrected chi connectivity index (χ2v) is 4.62. The Morgan fingerprint density at radius 1 is 0.909 bits per heavy atom. The molecule has 22 heavy (non-hydrogen) atoms. The number of hydrogen-bond donors (Lipinski definition) is 3. The third kappa shape index (κ3) is 3.13. The average Bonchev–Trinajstić information content (AvgIpc) is 2.44. The van der Waals surface area contributed by atoms with Gasteiger partial charge >= 0.3 is 6.18 Å². The molecule has 0 aliphatic carbocycles. The zero-order valence-corrected chi connectivity index (χ0v) is 11.1. The maximum absolute atomic E-state index is 12.4. The first-order valence-electron chi connectivity index (χ1n) is 6.13. The fourth-order valence-electron chi connectivity index (χ4n) is 1.89. The highest BCUT2D eigenvalue weighted by Gasteiger charge is 2.30. The molecule has 0 bridgehead atoms. The Morgan fingerprint density at radius 2 is 1.50 bits per heavy atom. The predicted molar refractivity (Wildman–Crippen MR) is 70.9 cm³/mol. The van der Waals surface area contributed by atoms with E-state index < -0.39 is 34.8 Å². The maximum atomic E-state index is 12.4. The number of phenols is 3. The number of Topliss-reactive ketones (excluding diaryl/α,β-unsaturated/α-hetero) is 1. The molecule has 3 N–H and O–H groups in total. The van der Waals surface area contributed by atoms with Gasteiger partial charge in [0.25, 0.3) is 0 Å². The first-order chi connectivity index (χ1) is 10.2. The highest BCUT2D eigenvalue weighted by atomic mass is 19.4. The van der Waals surface area contributed by atoms with Crippen LogP contribution in [0.25, 0.3) is 0 Å². The van der Waals surface area contributed by atoms with Crippen LogP contribution in [0.15, 0.2) is 36.4 Å². The zero-order valence-electron chi connectivity index (χ0n) is 11.1. The zero-order chi connectivity index (χ0) is 16.5. The molecule has 0 atom stereocenters. The molecule has 0 saturated heterocycles. The molecule has 0 aliphatic rings. The van der Waals surface area contributed by atoms with Crippen molar-refractivity contribution in [2.75, 3.05) is 0 Å². The number of alkyl halides is 3. The largest absolute Gasteiger partial charge is 0.504 e. The van der Waals surface area contributed by atoms with Crippen molar-refractivity contribution in [3.63, 3.8) is 0 Å². The number of carbonyl (C=O) groups is 1. The summed E-state index contributed by atoms with van der Waals surface area (Å²) in [7, 11) is 0. The lowest BCUT2D eigenvalue weighted by Gasteiger charge is -2.09. The van der Waals surface area contributed by atoms with Crippen LogP contribution in [0, 0.1) is 0 Å². The Kier molecular flexibility index (Phi) is 3.99. The van der Waals surface area contributed by atoms with Crippen LogP contribution in [-0.4, -0.2) is 21.1 Å². The second-order valence-electron chi connectivity index (χ2n) is 4.62. The van der Waals surface area contributed by atoms with Crippen LogP contribution in [0.4, 0.5) is 13.2 Å². The SMILES string of the molecule is O=C(Cc1ccc(C(F)(F)F)cc1)c1ccc(O)c(O)c1O. The molecule has 0 saturated carbocycles. The molecule has 4 nitrogen and oxygen atoms in total. The summed E-state index contributed by atoms with van der Waals surface area (Å²) in [6.45, 7) is 0. The van der Waals surface area contributed by atoms with Gasteiger partial charge in [-0.15, -0.1) is 0 Å². The summed E-state index contributed by atoms with van der Waals surface area (Å²) >= 11 is 0. The maximum Gasteiger partial charge on any atom is 0.416 e. The van der Waals surface area contributed by atoms with E-state index in [-0.39, 0.29) is 12.0 Å². The van der Waals surface area contributed by atoms with Gasteiger partial charge in [-0.05, 0) is 29.8 Å². The van der Waals surface area contributed by atoms with Crippen LogP contribution < -0.4 is 0 Å². The summed E-state index contributed by atoms with van der Waals surface area (Å²) in [6, 6.07) is 6.20. The Hall–Kier alpha value is -2.70. The van der Waals surface area contributed by atoms with Crippen LogP contribution in [0.3, 0.4) is 0 Å². The molecule has 2 aromatic rings. The van der Waals surface area contributed by atoms with Crippen molar-refractivity contribution in [1.82, 2.24) is 0 Å². The molecule has 116 valence electrons. The van der Waals surface area contributed by atoms with E-state index in [1.165, 1.54) is 0 Å². The van der Waals surface area contributed by atoms with Crippen LogP contribution in [0.2, 0.25) is 0 Å². The van der Waals surface area contributed by atoms with Crippen molar-refractivity contribution >= 4 is 5.78 Å². The molecule has 0 unspecified atom stereocenters. The topological polar surface area (TPSA) is 77.8 Å². The Bertz CT molecular complexity index is 706. The number of halogens is 3. The fraction of sp³-hybridized carbons (Fsp3) is 0.133. The summed E-state index contributed by atoms with van der Waals surface area (Å²) in [5.74, 6) is -2.77. The minimum atomic E-state index is -4.45. The summed E-state index contributed by atoms with van der Waals surface area (Å²) in [4.78, 5) is 12.0. The quantitative estimate of drug-likeness (QED) is 0.600. The molecule has 2 aromatic carbocycles. The summed E-state index contributed by atoms with van der Waals surface area (Å²) in [6.07, 6.45) is -4.71. The molecule has 0 aliphatic heterocycles. The van der Waals surface area contributed by atoms with Crippen molar-refractivity contribution in [3.05, 3.63) is 53.1 Å². The highest BCUT2D eigenvalue weighted by molar-refractivity contribution is 6.00. The van der Waals surface area contributed by atoms with Gasteiger partial charge in [0.1, 0.15) is 0 Å². The lowest BCUT2D eigenvalue weighted by molar-refractivity contribution is -0.137. The van der Waals surface area contributed by atoms with Crippen LogP contribution in [0.1, 0.15) is 21.5 Å². The van der Waals surface area contributed by atoms with E-state index in [9.17, 15) is 33.3 Å². The number of aromatic hydroxyl groups is 3. The van der Waals surface area contributed by atoms with Crippen molar-refractivity contribution in [3.8, 4) is 17.2 Å². The fourth-order valence-corrected chi connectivity index (χ4v) is 1.89. The molecule has 0 spiro atoms. The van der Waals surface area contributed by atoms with Crippen molar-refractivity contribution in [1.29, 1.82) is 0 Å². The molecule has 0 heterocycles. The van der Waals surface area contributed by atoms with E-state index in [0.29, 0.717) is 5.56 Å². The van der Waals surface area contributed by atoms with Crippen molar-refractivity contribution in [2.24, 2.45) is 0 Å². The van der Waals surface area contributed by atoms with Gasteiger partial charge in [-0.2, -0.15) is 13.2 Å². The van der Waals surface area contributed by atoms with E-state index in [0.717, 1.165) is 36.4 Å². The average molecular weight is 312 g/mol. The van der Waals surface area contributed by atoms with Crippen molar-refractivity contribution < 1.29 is 33.3 Å². The summed E-state index contributed by atoms with van der Waals surface area (Å²) in [5.41, 5.74) is -0.728. The first-order valence-corrected chi connectivity index (χ1v) is 6.13. The van der Waals surface area contributed by atoms with Gasteiger partial charge in [-0.25, -0.2) is 0 Å². The van der Waals surface area contributed by atoms with Crippen molar-refractivity contribution in [2.45, 2.75) is 12.6 Å². The highest BCUT2D eigenvalue weighted by Crippen LogP contribution is 2.37. The smallest absolute Gasteiger partial charge is 0.416 e. The third-order valence-corrected chi connectivity index (χ3v) is 3.08. The van der Waals surface area contributed by atoms with E-state index in [4.69, 9.17) is 0 Å². The molecule has 0 amide bonds. The Morgan fingerprint density at radius 3 is 2.05 bits per heavy atom. The predicted octanol–water partition coefficient (Wildman–Crippen LogP) is 3.25. The number of hydrogen-bond acceptors (Lipinski definition) is 4. The normalized spacial score (nSPS) is 11.4. The number of rotatable bonds is 3. The van der Waals surface area contributed by atoms with Gasteiger partial charge in [0.15, 0.2) is 17.3 Å². The summed E-state index contributed by atoms with van der Waals surface area (Å²) < 4.78 is 37.3. The minimum Gasteiger partial charge on any atom is -0.504 e. The molecular formula is C15H11F3O4. The molecule has 7 heteroatoms. The molecule has 0 aromatic heterocycles. The second kappa shape index (κ2) is 5.59. The lowest BCUT2D eigenvalue weighted by atomic mass is 10.0.